The van der Waals surface area contributed by atoms with Crippen LogP contribution in [0.5, 0.6) is 0 Å². The van der Waals surface area contributed by atoms with Crippen LogP contribution in [0, 0.1) is 27.7 Å². The Morgan fingerprint density at radius 2 is 1.38 bits per heavy atom. The molecule has 0 fully saturated rings. The molecule has 0 aliphatic heterocycles. The van der Waals surface area contributed by atoms with Crippen molar-refractivity contribution in [1.82, 2.24) is 0 Å². The maximum atomic E-state index is 2.26. The summed E-state index contributed by atoms with van der Waals surface area (Å²) >= 11 is 0. The Bertz CT molecular complexity index is 501. The van der Waals surface area contributed by atoms with Gasteiger partial charge in [0.1, 0.15) is 0 Å². The lowest BCUT2D eigenvalue weighted by Crippen LogP contribution is -1.88. The molecule has 0 aliphatic rings. The fourth-order valence-electron chi connectivity index (χ4n) is 2.19. The minimum absolute atomic E-state index is 1.33. The maximum absolute atomic E-state index is 2.26. The minimum Gasteiger partial charge on any atom is -0.0614 e. The minimum atomic E-state index is 1.33. The third-order valence-corrected chi connectivity index (χ3v) is 3.14. The summed E-state index contributed by atoms with van der Waals surface area (Å²) < 4.78 is 0. The van der Waals surface area contributed by atoms with Crippen LogP contribution in [-0.2, 0) is 0 Å². The Balaban J connectivity index is 2.63. The van der Waals surface area contributed by atoms with Crippen LogP contribution in [0.1, 0.15) is 22.3 Å². The van der Waals surface area contributed by atoms with Crippen LogP contribution in [-0.4, -0.2) is 0 Å². The Hall–Kier alpha value is -1.56. The fraction of sp³-hybridized carbons (Fsp3) is 0.250. The Labute approximate surface area is 97.9 Å². The van der Waals surface area contributed by atoms with Gasteiger partial charge in [-0.15, -0.1) is 0 Å². The normalized spacial score (nSPS) is 10.5. The molecule has 82 valence electrons. The summed E-state index contributed by atoms with van der Waals surface area (Å²) in [6.07, 6.45) is 0. The molecule has 2 aromatic rings. The second kappa shape index (κ2) is 4.13. The predicted molar refractivity (Wildman–Crippen MR) is 70.8 cm³/mol. The van der Waals surface area contributed by atoms with E-state index in [0.29, 0.717) is 0 Å². The second-order valence-corrected chi connectivity index (χ2v) is 4.62. The number of hydrogen-bond acceptors (Lipinski definition) is 0. The van der Waals surface area contributed by atoms with Crippen molar-refractivity contribution in [2.75, 3.05) is 0 Å². The van der Waals surface area contributed by atoms with Crippen LogP contribution in [0.25, 0.3) is 11.1 Å². The van der Waals surface area contributed by atoms with E-state index in [1.54, 1.807) is 0 Å². The smallest absolute Gasteiger partial charge is 0.0152 e. The average Bonchev–Trinajstić information content (AvgIpc) is 2.20. The van der Waals surface area contributed by atoms with E-state index in [2.05, 4.69) is 64.1 Å². The first kappa shape index (κ1) is 10.9. The number of aryl methyl sites for hydroxylation is 3. The third kappa shape index (κ3) is 2.01. The van der Waals surface area contributed by atoms with Crippen LogP contribution in [0.2, 0.25) is 0 Å². The van der Waals surface area contributed by atoms with E-state index in [4.69, 9.17) is 0 Å². The molecule has 0 heteroatoms. The van der Waals surface area contributed by atoms with Gasteiger partial charge in [0.15, 0.2) is 0 Å². The number of benzene rings is 2. The predicted octanol–water partition coefficient (Wildman–Crippen LogP) is 4.59. The molecule has 0 radical (unpaired) electrons. The number of rotatable bonds is 1. The summed E-state index contributed by atoms with van der Waals surface area (Å²) in [5, 5.41) is 0. The molecule has 0 atom stereocenters. The summed E-state index contributed by atoms with van der Waals surface area (Å²) in [6.45, 7) is 8.67. The highest BCUT2D eigenvalue weighted by molar-refractivity contribution is 5.69. The van der Waals surface area contributed by atoms with Crippen molar-refractivity contribution in [3.8, 4) is 11.1 Å². The average molecular weight is 210 g/mol. The van der Waals surface area contributed by atoms with Gasteiger partial charge in [-0.3, -0.25) is 0 Å². The lowest BCUT2D eigenvalue weighted by atomic mass is 9.95. The highest BCUT2D eigenvalue weighted by Crippen LogP contribution is 2.27. The van der Waals surface area contributed by atoms with E-state index in [9.17, 15) is 0 Å². The molecular formula is C16H18. The van der Waals surface area contributed by atoms with Crippen LogP contribution in [0.4, 0.5) is 0 Å². The van der Waals surface area contributed by atoms with Crippen molar-refractivity contribution < 1.29 is 0 Å². The summed E-state index contributed by atoms with van der Waals surface area (Å²) in [6, 6.07) is 13.2. The highest BCUT2D eigenvalue weighted by atomic mass is 14.1. The summed E-state index contributed by atoms with van der Waals surface area (Å²) in [4.78, 5) is 0. The van der Waals surface area contributed by atoms with Crippen LogP contribution in [0.3, 0.4) is 0 Å². The van der Waals surface area contributed by atoms with E-state index in [-0.39, 0.29) is 0 Å². The first-order valence-corrected chi connectivity index (χ1v) is 5.73. The van der Waals surface area contributed by atoms with E-state index in [1.165, 1.54) is 33.4 Å². The lowest BCUT2D eigenvalue weighted by Gasteiger charge is -2.10. The van der Waals surface area contributed by atoms with Gasteiger partial charge in [-0.1, -0.05) is 47.5 Å². The molecule has 0 heterocycles. The molecule has 2 rings (SSSR count). The van der Waals surface area contributed by atoms with Gasteiger partial charge < -0.3 is 0 Å². The monoisotopic (exact) mass is 210 g/mol. The topological polar surface area (TPSA) is 0 Å². The molecule has 0 bridgehead atoms. The van der Waals surface area contributed by atoms with Crippen molar-refractivity contribution in [2.24, 2.45) is 0 Å². The van der Waals surface area contributed by atoms with E-state index in [0.717, 1.165) is 0 Å². The largest absolute Gasteiger partial charge is 0.0614 e. The van der Waals surface area contributed by atoms with Crippen LogP contribution >= 0.6 is 0 Å². The maximum Gasteiger partial charge on any atom is -0.0152 e. The summed E-state index contributed by atoms with van der Waals surface area (Å²) in [5.41, 5.74) is 8.08. The Kier molecular flexibility index (Phi) is 2.82. The van der Waals surface area contributed by atoms with E-state index < -0.39 is 0 Å². The summed E-state index contributed by atoms with van der Waals surface area (Å²) in [5.74, 6) is 0. The molecule has 0 amide bonds. The molecule has 0 nitrogen and oxygen atoms in total. The van der Waals surface area contributed by atoms with Crippen molar-refractivity contribution in [3.63, 3.8) is 0 Å². The van der Waals surface area contributed by atoms with Crippen LogP contribution < -0.4 is 0 Å². The molecule has 2 aromatic carbocycles. The molecule has 0 aromatic heterocycles. The van der Waals surface area contributed by atoms with Gasteiger partial charge >= 0.3 is 0 Å². The zero-order valence-electron chi connectivity index (χ0n) is 10.5. The van der Waals surface area contributed by atoms with Crippen molar-refractivity contribution in [3.05, 3.63) is 58.7 Å². The van der Waals surface area contributed by atoms with Gasteiger partial charge in [0.25, 0.3) is 0 Å². The van der Waals surface area contributed by atoms with Gasteiger partial charge in [-0.05, 0) is 49.9 Å². The van der Waals surface area contributed by atoms with E-state index in [1.807, 2.05) is 0 Å². The van der Waals surface area contributed by atoms with Crippen molar-refractivity contribution in [2.45, 2.75) is 27.7 Å². The van der Waals surface area contributed by atoms with Gasteiger partial charge in [0, 0.05) is 0 Å². The Morgan fingerprint density at radius 1 is 0.750 bits per heavy atom. The highest BCUT2D eigenvalue weighted by Gasteiger charge is 2.04. The van der Waals surface area contributed by atoms with Crippen LogP contribution in [0.15, 0.2) is 36.4 Å². The third-order valence-electron chi connectivity index (χ3n) is 3.14. The first-order valence-electron chi connectivity index (χ1n) is 5.73. The first-order chi connectivity index (χ1) is 7.58. The molecule has 16 heavy (non-hydrogen) atoms. The summed E-state index contributed by atoms with van der Waals surface area (Å²) in [7, 11) is 0. The lowest BCUT2D eigenvalue weighted by molar-refractivity contribution is 1.32. The molecule has 0 unspecified atom stereocenters. The molecule has 0 N–H and O–H groups in total. The molecule has 0 saturated heterocycles. The molecule has 0 aliphatic carbocycles. The SMILES string of the molecule is Cc1cc(C)cc(-c2cccc(C)c2C)c1. The van der Waals surface area contributed by atoms with Gasteiger partial charge in [-0.2, -0.15) is 0 Å². The molecule has 0 spiro atoms. The zero-order chi connectivity index (χ0) is 11.7. The Morgan fingerprint density at radius 3 is 2.00 bits per heavy atom. The zero-order valence-corrected chi connectivity index (χ0v) is 10.5. The molecule has 0 saturated carbocycles. The van der Waals surface area contributed by atoms with Crippen molar-refractivity contribution in [1.29, 1.82) is 0 Å². The van der Waals surface area contributed by atoms with Crippen molar-refractivity contribution >= 4 is 0 Å². The van der Waals surface area contributed by atoms with Gasteiger partial charge in [0.2, 0.25) is 0 Å². The van der Waals surface area contributed by atoms with E-state index >= 15 is 0 Å². The van der Waals surface area contributed by atoms with Gasteiger partial charge in [-0.25, -0.2) is 0 Å². The standard InChI is InChI=1S/C16H18/c1-11-8-12(2)10-15(9-11)16-7-5-6-13(3)14(16)4/h5-10H,1-4H3. The number of hydrogen-bond donors (Lipinski definition) is 0. The van der Waals surface area contributed by atoms with Gasteiger partial charge in [0.05, 0.1) is 0 Å². The molecular weight excluding hydrogens is 192 g/mol. The second-order valence-electron chi connectivity index (χ2n) is 4.62. The quantitative estimate of drug-likeness (QED) is 0.646. The fourth-order valence-corrected chi connectivity index (χ4v) is 2.19.